The number of aromatic nitrogens is 1. The summed E-state index contributed by atoms with van der Waals surface area (Å²) in [7, 11) is 0. The first-order valence-corrected chi connectivity index (χ1v) is 5.58. The fourth-order valence-electron chi connectivity index (χ4n) is 2.01. The highest BCUT2D eigenvalue weighted by Gasteiger charge is 2.07. The van der Waals surface area contributed by atoms with Gasteiger partial charge in [0.05, 0.1) is 5.52 Å². The van der Waals surface area contributed by atoms with Crippen LogP contribution in [0.25, 0.3) is 22.0 Å². The van der Waals surface area contributed by atoms with Gasteiger partial charge in [-0.1, -0.05) is 30.3 Å². The summed E-state index contributed by atoms with van der Waals surface area (Å²) in [4.78, 5) is 4.32. The predicted octanol–water partition coefficient (Wildman–Crippen LogP) is 3.75. The van der Waals surface area contributed by atoms with Crippen molar-refractivity contribution in [1.29, 1.82) is 0 Å². The van der Waals surface area contributed by atoms with Gasteiger partial charge in [0.2, 0.25) is 0 Å². The van der Waals surface area contributed by atoms with Crippen LogP contribution >= 0.6 is 0 Å². The van der Waals surface area contributed by atoms with Crippen molar-refractivity contribution < 1.29 is 9.50 Å². The van der Waals surface area contributed by atoms with E-state index in [9.17, 15) is 9.50 Å². The molecule has 0 radical (unpaired) electrons. The van der Waals surface area contributed by atoms with E-state index in [1.165, 1.54) is 12.1 Å². The third-order valence-corrected chi connectivity index (χ3v) is 2.89. The predicted molar refractivity (Wildman–Crippen MR) is 68.8 cm³/mol. The van der Waals surface area contributed by atoms with Gasteiger partial charge in [-0.2, -0.15) is 0 Å². The summed E-state index contributed by atoms with van der Waals surface area (Å²) < 4.78 is 13.4. The van der Waals surface area contributed by atoms with Crippen molar-refractivity contribution in [1.82, 2.24) is 4.98 Å². The molecule has 0 aliphatic rings. The average molecular weight is 239 g/mol. The minimum Gasteiger partial charge on any atom is -0.505 e. The van der Waals surface area contributed by atoms with Crippen LogP contribution in [0.15, 0.2) is 54.7 Å². The Bertz CT molecular complexity index is 719. The van der Waals surface area contributed by atoms with E-state index in [2.05, 4.69) is 4.98 Å². The van der Waals surface area contributed by atoms with Crippen LogP contribution in [-0.4, -0.2) is 10.1 Å². The van der Waals surface area contributed by atoms with Crippen LogP contribution in [0.4, 0.5) is 4.39 Å². The number of benzene rings is 2. The number of halogens is 1. The monoisotopic (exact) mass is 239 g/mol. The van der Waals surface area contributed by atoms with Crippen LogP contribution < -0.4 is 0 Å². The van der Waals surface area contributed by atoms with Crippen molar-refractivity contribution >= 4 is 10.9 Å². The Morgan fingerprint density at radius 2 is 1.83 bits per heavy atom. The first kappa shape index (κ1) is 10.7. The van der Waals surface area contributed by atoms with E-state index in [0.717, 1.165) is 16.5 Å². The summed E-state index contributed by atoms with van der Waals surface area (Å²) in [6, 6.07) is 13.9. The number of hydrogen-bond acceptors (Lipinski definition) is 2. The van der Waals surface area contributed by atoms with Gasteiger partial charge >= 0.3 is 0 Å². The standard InChI is InChI=1S/C15H10FNO/c16-13-9-11(6-7-14(13)18)12-5-1-3-10-4-2-8-17-15(10)12/h1-9,18H. The van der Waals surface area contributed by atoms with Crippen LogP contribution in [0.5, 0.6) is 5.75 Å². The Balaban J connectivity index is 2.28. The summed E-state index contributed by atoms with van der Waals surface area (Å²) in [6.45, 7) is 0. The maximum Gasteiger partial charge on any atom is 0.165 e. The minimum absolute atomic E-state index is 0.341. The number of aromatic hydroxyl groups is 1. The van der Waals surface area contributed by atoms with Gasteiger partial charge in [-0.3, -0.25) is 4.98 Å². The maximum absolute atomic E-state index is 13.4. The molecule has 0 saturated carbocycles. The molecule has 0 atom stereocenters. The van der Waals surface area contributed by atoms with Gasteiger partial charge in [-0.15, -0.1) is 0 Å². The average Bonchev–Trinajstić information content (AvgIpc) is 2.41. The topological polar surface area (TPSA) is 33.1 Å². The normalized spacial score (nSPS) is 10.7. The molecule has 0 spiro atoms. The Morgan fingerprint density at radius 3 is 2.67 bits per heavy atom. The van der Waals surface area contributed by atoms with E-state index in [0.29, 0.717) is 5.56 Å². The highest BCUT2D eigenvalue weighted by molar-refractivity contribution is 5.93. The molecule has 3 rings (SSSR count). The first-order chi connectivity index (χ1) is 8.75. The molecule has 1 aromatic heterocycles. The van der Waals surface area contributed by atoms with Crippen LogP contribution in [0.1, 0.15) is 0 Å². The summed E-state index contributed by atoms with van der Waals surface area (Å²) >= 11 is 0. The number of hydrogen-bond donors (Lipinski definition) is 1. The van der Waals surface area contributed by atoms with Gasteiger partial charge in [-0.25, -0.2) is 4.39 Å². The third kappa shape index (κ3) is 1.70. The molecule has 88 valence electrons. The quantitative estimate of drug-likeness (QED) is 0.701. The minimum atomic E-state index is -0.625. The van der Waals surface area contributed by atoms with Crippen molar-refractivity contribution in [2.75, 3.05) is 0 Å². The van der Waals surface area contributed by atoms with Crippen LogP contribution in [0.2, 0.25) is 0 Å². The van der Waals surface area contributed by atoms with Crippen molar-refractivity contribution in [2.24, 2.45) is 0 Å². The Kier molecular flexibility index (Phi) is 2.45. The van der Waals surface area contributed by atoms with E-state index >= 15 is 0 Å². The van der Waals surface area contributed by atoms with Crippen LogP contribution in [-0.2, 0) is 0 Å². The molecule has 0 bridgehead atoms. The summed E-state index contributed by atoms with van der Waals surface area (Å²) in [5, 5.41) is 10.2. The smallest absolute Gasteiger partial charge is 0.165 e. The van der Waals surface area contributed by atoms with Gasteiger partial charge in [0.1, 0.15) is 0 Å². The van der Waals surface area contributed by atoms with Gasteiger partial charge in [0, 0.05) is 17.1 Å². The number of pyridine rings is 1. The molecule has 0 aliphatic carbocycles. The van der Waals surface area contributed by atoms with Crippen molar-refractivity contribution in [3.05, 3.63) is 60.5 Å². The number of para-hydroxylation sites is 1. The number of rotatable bonds is 1. The summed E-state index contributed by atoms with van der Waals surface area (Å²) in [5.41, 5.74) is 2.38. The molecular weight excluding hydrogens is 229 g/mol. The number of fused-ring (bicyclic) bond motifs is 1. The van der Waals surface area contributed by atoms with E-state index in [4.69, 9.17) is 0 Å². The fourth-order valence-corrected chi connectivity index (χ4v) is 2.01. The molecular formula is C15H10FNO. The molecule has 1 N–H and O–H groups in total. The van der Waals surface area contributed by atoms with E-state index < -0.39 is 5.82 Å². The molecule has 2 aromatic carbocycles. The maximum atomic E-state index is 13.4. The zero-order valence-electron chi connectivity index (χ0n) is 9.47. The van der Waals surface area contributed by atoms with Crippen molar-refractivity contribution in [3.63, 3.8) is 0 Å². The highest BCUT2D eigenvalue weighted by Crippen LogP contribution is 2.29. The number of nitrogens with zero attached hydrogens (tertiary/aromatic N) is 1. The molecule has 0 aliphatic heterocycles. The molecule has 2 nitrogen and oxygen atoms in total. The fraction of sp³-hybridized carbons (Fsp3) is 0. The Hall–Kier alpha value is -2.42. The van der Waals surface area contributed by atoms with Gasteiger partial charge in [0.25, 0.3) is 0 Å². The second-order valence-corrected chi connectivity index (χ2v) is 4.05. The Morgan fingerprint density at radius 1 is 1.00 bits per heavy atom. The van der Waals surface area contributed by atoms with Gasteiger partial charge in [0.15, 0.2) is 11.6 Å². The molecule has 0 saturated heterocycles. The van der Waals surface area contributed by atoms with Crippen LogP contribution in [0.3, 0.4) is 0 Å². The number of phenols is 1. The number of phenolic OH excluding ortho intramolecular Hbond substituents is 1. The van der Waals surface area contributed by atoms with Crippen molar-refractivity contribution in [2.45, 2.75) is 0 Å². The van der Waals surface area contributed by atoms with E-state index in [1.54, 1.807) is 12.3 Å². The zero-order valence-corrected chi connectivity index (χ0v) is 9.47. The third-order valence-electron chi connectivity index (χ3n) is 2.89. The molecule has 1 heterocycles. The second kappa shape index (κ2) is 4.11. The lowest BCUT2D eigenvalue weighted by atomic mass is 10.0. The molecule has 0 unspecified atom stereocenters. The SMILES string of the molecule is Oc1ccc(-c2cccc3cccnc23)cc1F. The molecule has 18 heavy (non-hydrogen) atoms. The molecule has 3 aromatic rings. The second-order valence-electron chi connectivity index (χ2n) is 4.05. The lowest BCUT2D eigenvalue weighted by Crippen LogP contribution is -1.85. The van der Waals surface area contributed by atoms with Gasteiger partial charge < -0.3 is 5.11 Å². The van der Waals surface area contributed by atoms with Crippen LogP contribution in [0, 0.1) is 5.82 Å². The lowest BCUT2D eigenvalue weighted by molar-refractivity contribution is 0.432. The first-order valence-electron chi connectivity index (χ1n) is 5.58. The Labute approximate surface area is 103 Å². The van der Waals surface area contributed by atoms with Crippen molar-refractivity contribution in [3.8, 4) is 16.9 Å². The summed E-state index contributed by atoms with van der Waals surface area (Å²) in [6.07, 6.45) is 1.71. The molecule has 0 fully saturated rings. The molecule has 3 heteroatoms. The lowest BCUT2D eigenvalue weighted by Gasteiger charge is -2.06. The van der Waals surface area contributed by atoms with E-state index in [1.807, 2.05) is 30.3 Å². The summed E-state index contributed by atoms with van der Waals surface area (Å²) in [5.74, 6) is -0.965. The zero-order chi connectivity index (χ0) is 12.5. The highest BCUT2D eigenvalue weighted by atomic mass is 19.1. The largest absolute Gasteiger partial charge is 0.505 e. The van der Waals surface area contributed by atoms with E-state index in [-0.39, 0.29) is 5.75 Å². The molecule has 0 amide bonds. The van der Waals surface area contributed by atoms with Gasteiger partial charge in [-0.05, 0) is 23.8 Å².